The highest BCUT2D eigenvalue weighted by Crippen LogP contribution is 2.43. The van der Waals surface area contributed by atoms with Gasteiger partial charge in [0.15, 0.2) is 0 Å². The number of piperidine rings is 1. The highest BCUT2D eigenvalue weighted by atomic mass is 19.4. The van der Waals surface area contributed by atoms with Gasteiger partial charge in [0.2, 0.25) is 5.91 Å². The van der Waals surface area contributed by atoms with Crippen molar-refractivity contribution in [3.8, 4) is 0 Å². The average Bonchev–Trinajstić information content (AvgIpc) is 3.18. The van der Waals surface area contributed by atoms with Gasteiger partial charge in [-0.05, 0) is 50.4 Å². The van der Waals surface area contributed by atoms with Crippen LogP contribution >= 0.6 is 0 Å². The third kappa shape index (κ3) is 4.35. The molecule has 0 atom stereocenters. The standard InChI is InChI=1S/C21H29F3N2O2/c1-28-15-19(9-11-25-12-10-19)14-26-18(27)20(7-2-3-8-20)16-5-4-6-17(13-16)21(22,23)24/h4-6,13,25H,2-3,7-12,14-15H2,1H3,(H,26,27). The monoisotopic (exact) mass is 398 g/mol. The van der Waals surface area contributed by atoms with E-state index in [1.165, 1.54) is 6.07 Å². The summed E-state index contributed by atoms with van der Waals surface area (Å²) < 4.78 is 45.0. The highest BCUT2D eigenvalue weighted by molar-refractivity contribution is 5.88. The number of carbonyl (C=O) groups is 1. The van der Waals surface area contributed by atoms with E-state index in [1.807, 2.05) is 0 Å². The molecule has 2 aliphatic rings. The molecule has 1 aromatic carbocycles. The Balaban J connectivity index is 1.81. The van der Waals surface area contributed by atoms with Crippen LogP contribution in [0.4, 0.5) is 13.2 Å². The molecule has 0 radical (unpaired) electrons. The van der Waals surface area contributed by atoms with Gasteiger partial charge in [-0.1, -0.05) is 31.0 Å². The van der Waals surface area contributed by atoms with Crippen LogP contribution in [-0.2, 0) is 21.1 Å². The molecule has 1 heterocycles. The molecule has 4 nitrogen and oxygen atoms in total. The predicted octanol–water partition coefficient (Wildman–Crippen LogP) is 3.65. The van der Waals surface area contributed by atoms with Gasteiger partial charge in [-0.15, -0.1) is 0 Å². The lowest BCUT2D eigenvalue weighted by atomic mass is 9.76. The average molecular weight is 398 g/mol. The summed E-state index contributed by atoms with van der Waals surface area (Å²) in [6.07, 6.45) is 0.241. The Morgan fingerprint density at radius 1 is 1.18 bits per heavy atom. The van der Waals surface area contributed by atoms with Crippen molar-refractivity contribution in [1.82, 2.24) is 10.6 Å². The minimum atomic E-state index is -4.41. The van der Waals surface area contributed by atoms with E-state index >= 15 is 0 Å². The first kappa shape index (κ1) is 21.1. The van der Waals surface area contributed by atoms with Crippen molar-refractivity contribution < 1.29 is 22.7 Å². The number of halogens is 3. The predicted molar refractivity (Wildman–Crippen MR) is 101 cm³/mol. The summed E-state index contributed by atoms with van der Waals surface area (Å²) >= 11 is 0. The lowest BCUT2D eigenvalue weighted by molar-refractivity contribution is -0.138. The van der Waals surface area contributed by atoms with E-state index in [4.69, 9.17) is 4.74 Å². The summed E-state index contributed by atoms with van der Waals surface area (Å²) in [6, 6.07) is 5.29. The zero-order valence-electron chi connectivity index (χ0n) is 16.3. The SMILES string of the molecule is COCC1(CNC(=O)C2(c3cccc(C(F)(F)F)c3)CCCC2)CCNCC1. The van der Waals surface area contributed by atoms with Crippen molar-refractivity contribution >= 4 is 5.91 Å². The largest absolute Gasteiger partial charge is 0.416 e. The molecule has 0 aromatic heterocycles. The molecular weight excluding hydrogens is 369 g/mol. The minimum absolute atomic E-state index is 0.122. The lowest BCUT2D eigenvalue weighted by Crippen LogP contribution is -2.51. The van der Waals surface area contributed by atoms with Crippen molar-refractivity contribution in [3.63, 3.8) is 0 Å². The van der Waals surface area contributed by atoms with E-state index in [0.29, 0.717) is 31.6 Å². The Labute approximate surface area is 164 Å². The van der Waals surface area contributed by atoms with E-state index in [9.17, 15) is 18.0 Å². The maximum Gasteiger partial charge on any atom is 0.416 e. The van der Waals surface area contributed by atoms with Gasteiger partial charge in [-0.25, -0.2) is 0 Å². The number of methoxy groups -OCH3 is 1. The number of hydrogen-bond donors (Lipinski definition) is 2. The van der Waals surface area contributed by atoms with E-state index < -0.39 is 17.2 Å². The molecule has 28 heavy (non-hydrogen) atoms. The zero-order chi connectivity index (χ0) is 20.3. The van der Waals surface area contributed by atoms with Crippen LogP contribution in [0.25, 0.3) is 0 Å². The molecule has 7 heteroatoms. The molecule has 2 fully saturated rings. The minimum Gasteiger partial charge on any atom is -0.384 e. The Morgan fingerprint density at radius 2 is 1.86 bits per heavy atom. The summed E-state index contributed by atoms with van der Waals surface area (Å²) in [4.78, 5) is 13.3. The van der Waals surface area contributed by atoms with E-state index in [0.717, 1.165) is 50.9 Å². The summed E-state index contributed by atoms with van der Waals surface area (Å²) in [5.41, 5.74) is -1.21. The van der Waals surface area contributed by atoms with Crippen molar-refractivity contribution in [2.45, 2.75) is 50.1 Å². The molecule has 1 saturated heterocycles. The van der Waals surface area contributed by atoms with Crippen LogP contribution in [0.2, 0.25) is 0 Å². The molecule has 1 saturated carbocycles. The van der Waals surface area contributed by atoms with Gasteiger partial charge in [0, 0.05) is 19.1 Å². The molecular formula is C21H29F3N2O2. The van der Waals surface area contributed by atoms with Crippen molar-refractivity contribution in [3.05, 3.63) is 35.4 Å². The maximum atomic E-state index is 13.3. The molecule has 1 aliphatic heterocycles. The number of benzene rings is 1. The van der Waals surface area contributed by atoms with Gasteiger partial charge in [-0.3, -0.25) is 4.79 Å². The van der Waals surface area contributed by atoms with Crippen LogP contribution in [0.3, 0.4) is 0 Å². The van der Waals surface area contributed by atoms with Crippen LogP contribution in [0.15, 0.2) is 24.3 Å². The van der Waals surface area contributed by atoms with Gasteiger partial charge in [0.05, 0.1) is 17.6 Å². The van der Waals surface area contributed by atoms with Crippen LogP contribution in [0.1, 0.15) is 49.7 Å². The van der Waals surface area contributed by atoms with Crippen molar-refractivity contribution in [1.29, 1.82) is 0 Å². The Hall–Kier alpha value is -1.60. The summed E-state index contributed by atoms with van der Waals surface area (Å²) in [7, 11) is 1.66. The number of nitrogens with one attached hydrogen (secondary N) is 2. The Bertz CT molecular complexity index is 673. The lowest BCUT2D eigenvalue weighted by Gasteiger charge is -2.38. The van der Waals surface area contributed by atoms with Crippen LogP contribution < -0.4 is 10.6 Å². The number of alkyl halides is 3. The quantitative estimate of drug-likeness (QED) is 0.769. The number of carbonyl (C=O) groups excluding carboxylic acids is 1. The van der Waals surface area contributed by atoms with Crippen LogP contribution in [0.5, 0.6) is 0 Å². The van der Waals surface area contributed by atoms with Crippen molar-refractivity contribution in [2.75, 3.05) is 33.4 Å². The fourth-order valence-electron chi connectivity index (χ4n) is 4.69. The second kappa shape index (κ2) is 8.41. The molecule has 0 unspecified atom stereocenters. The molecule has 0 bridgehead atoms. The zero-order valence-corrected chi connectivity index (χ0v) is 16.3. The van der Waals surface area contributed by atoms with Crippen molar-refractivity contribution in [2.24, 2.45) is 5.41 Å². The Morgan fingerprint density at radius 3 is 2.46 bits per heavy atom. The number of rotatable bonds is 6. The van der Waals surface area contributed by atoms with Gasteiger partial charge < -0.3 is 15.4 Å². The molecule has 1 amide bonds. The molecule has 1 aromatic rings. The van der Waals surface area contributed by atoms with E-state index in [2.05, 4.69) is 10.6 Å². The van der Waals surface area contributed by atoms with Crippen LogP contribution in [0, 0.1) is 5.41 Å². The first-order chi connectivity index (χ1) is 13.3. The fraction of sp³-hybridized carbons (Fsp3) is 0.667. The maximum absolute atomic E-state index is 13.3. The van der Waals surface area contributed by atoms with E-state index in [-0.39, 0.29) is 11.3 Å². The summed E-state index contributed by atoms with van der Waals surface area (Å²) in [5, 5.41) is 6.41. The van der Waals surface area contributed by atoms with E-state index in [1.54, 1.807) is 13.2 Å². The molecule has 1 aliphatic carbocycles. The van der Waals surface area contributed by atoms with Gasteiger partial charge in [-0.2, -0.15) is 13.2 Å². The number of amides is 1. The van der Waals surface area contributed by atoms with Gasteiger partial charge in [0.25, 0.3) is 0 Å². The molecule has 156 valence electrons. The third-order valence-electron chi connectivity index (χ3n) is 6.37. The first-order valence-electron chi connectivity index (χ1n) is 9.97. The summed E-state index contributed by atoms with van der Waals surface area (Å²) in [5.74, 6) is -0.154. The van der Waals surface area contributed by atoms with Crippen LogP contribution in [-0.4, -0.2) is 39.3 Å². The molecule has 3 rings (SSSR count). The van der Waals surface area contributed by atoms with Gasteiger partial charge in [0.1, 0.15) is 0 Å². The third-order valence-corrected chi connectivity index (χ3v) is 6.37. The first-order valence-corrected chi connectivity index (χ1v) is 9.97. The highest BCUT2D eigenvalue weighted by Gasteiger charge is 2.44. The normalized spacial score (nSPS) is 21.4. The number of hydrogen-bond acceptors (Lipinski definition) is 3. The summed E-state index contributed by atoms with van der Waals surface area (Å²) in [6.45, 7) is 2.80. The van der Waals surface area contributed by atoms with Gasteiger partial charge >= 0.3 is 6.18 Å². The topological polar surface area (TPSA) is 50.4 Å². The second-order valence-corrected chi connectivity index (χ2v) is 8.23. The second-order valence-electron chi connectivity index (χ2n) is 8.23. The molecule has 2 N–H and O–H groups in total. The fourth-order valence-corrected chi connectivity index (χ4v) is 4.69. The number of ether oxygens (including phenoxy) is 1. The molecule has 0 spiro atoms. The smallest absolute Gasteiger partial charge is 0.384 e. The Kier molecular flexibility index (Phi) is 6.34.